The fourth-order valence-corrected chi connectivity index (χ4v) is 13.6. The van der Waals surface area contributed by atoms with Crippen LogP contribution < -0.4 is 21.7 Å². The molecule has 29 heteroatoms. The Hall–Kier alpha value is -9.49. The molecule has 101 heavy (non-hydrogen) atoms. The molecule has 29 nitrogen and oxygen atoms in total. The molecule has 3 saturated heterocycles. The third-order valence-electron chi connectivity index (χ3n) is 19.0. The van der Waals surface area contributed by atoms with Crippen LogP contribution in [0.25, 0.3) is 0 Å². The topological polar surface area (TPSA) is 388 Å². The molecule has 540 valence electrons. The zero-order chi connectivity index (χ0) is 72.6. The summed E-state index contributed by atoms with van der Waals surface area (Å²) >= 11 is 0. The number of ketones is 4. The molecule has 10 atom stereocenters. The number of nitrogens with two attached hydrogens (primary N) is 1. The predicted octanol–water partition coefficient (Wildman–Crippen LogP) is 4.66. The fraction of sp³-hybridized carbons (Fsp3) is 0.486. The number of nitrogen functional groups attached to an aromatic ring is 1. The number of nitrogens with one attached hydrogen (secondary N) is 3. The molecule has 0 bridgehead atoms. The van der Waals surface area contributed by atoms with Crippen molar-refractivity contribution in [3.8, 4) is 11.5 Å². The number of benzene rings is 4. The van der Waals surface area contributed by atoms with Gasteiger partial charge in [-0.05, 0) is 61.4 Å². The maximum Gasteiger partial charge on any atom is 0.409 e. The number of anilines is 2. The minimum absolute atomic E-state index is 0.0233. The normalized spacial score (nSPS) is 22.6. The third kappa shape index (κ3) is 17.1. The third-order valence-corrected chi connectivity index (χ3v) is 19.0. The zero-order valence-electron chi connectivity index (χ0n) is 57.1. The number of amides is 7. The Kier molecular flexibility index (Phi) is 23.8. The zero-order valence-corrected chi connectivity index (χ0v) is 57.1. The number of nitrogens with zero attached hydrogens (tertiary/aromatic N) is 4. The van der Waals surface area contributed by atoms with Crippen molar-refractivity contribution in [1.82, 2.24) is 30.2 Å². The van der Waals surface area contributed by atoms with Crippen molar-refractivity contribution in [3.63, 3.8) is 0 Å². The van der Waals surface area contributed by atoms with E-state index in [0.717, 1.165) is 15.4 Å². The molecular formula is C72H86N8O21. The highest BCUT2D eigenvalue weighted by Crippen LogP contribution is 2.53. The van der Waals surface area contributed by atoms with Crippen LogP contribution in [0.4, 0.5) is 21.0 Å². The highest BCUT2D eigenvalue weighted by atomic mass is 16.7. The fourth-order valence-electron chi connectivity index (χ4n) is 13.6. The maximum absolute atomic E-state index is 14.3. The first kappa shape index (κ1) is 74.2. The van der Waals surface area contributed by atoms with E-state index < -0.39 is 138 Å². The van der Waals surface area contributed by atoms with Crippen LogP contribution in [0, 0.1) is 5.92 Å². The van der Waals surface area contributed by atoms with Crippen molar-refractivity contribution in [2.45, 2.75) is 159 Å². The number of carbonyl (C=O) groups is 11. The number of ether oxygens (including phenoxy) is 7. The molecule has 4 aromatic carbocycles. The van der Waals surface area contributed by atoms with Crippen molar-refractivity contribution in [3.05, 3.63) is 129 Å². The number of Topliss-reactive ketones (excluding diaryl/α,β-unsaturated/α-hetero) is 2. The number of morpholine rings is 1. The second kappa shape index (κ2) is 32.4. The first-order chi connectivity index (χ1) is 48.2. The van der Waals surface area contributed by atoms with E-state index in [0.29, 0.717) is 43.7 Å². The van der Waals surface area contributed by atoms with Crippen LogP contribution in [0.15, 0.2) is 84.9 Å². The van der Waals surface area contributed by atoms with Crippen LogP contribution in [-0.2, 0) is 86.2 Å². The molecule has 0 saturated carbocycles. The minimum atomic E-state index is -2.48. The molecule has 10 rings (SSSR count). The number of methoxy groups -OCH3 is 1. The molecule has 6 aliphatic rings. The second-order valence-electron chi connectivity index (χ2n) is 26.6. The molecule has 4 heterocycles. The number of imide groups is 1. The molecule has 0 radical (unpaired) electrons. The van der Waals surface area contributed by atoms with Gasteiger partial charge in [0.15, 0.2) is 42.8 Å². The quantitative estimate of drug-likeness (QED) is 0.0148. The van der Waals surface area contributed by atoms with E-state index in [-0.39, 0.29) is 128 Å². The van der Waals surface area contributed by atoms with Crippen molar-refractivity contribution in [1.29, 1.82) is 0 Å². The summed E-state index contributed by atoms with van der Waals surface area (Å²) in [6, 6.07) is 17.5. The maximum atomic E-state index is 14.3. The Balaban J connectivity index is 0.685. The second-order valence-corrected chi connectivity index (χ2v) is 26.6. The standard InChI is InChI=1S/C72H86N8O21/c1-39(2)32-47(76-67(91)48(33-41-14-9-7-10-15-41)75-53(83)18-11-8-12-27-80-55(85)25-26-56(80)86)50(81)23-24-54(84)74-43-21-19-42(20-22-43)37-97-70(92)77(4)28-29-78(5)71(93)98-38-52(82)72(94)35-45-59(65(90)61-60(63(45)88)62(87)44-16-13-17-46(73)58(44)64(61)89)51(36-72)100-57-34-49-66(40(3)99-57)101-68-69(95-6)96-31-30-79(49)68/h7,9-10,13-17,19-22,25-26,39-40,47-49,51,57,66,68-69,88,90,94H,8,11-12,18,23-24,27-38,73H2,1-6H3,(H,74,84)(H,75,83)(H,76,91)/t40-,47-,48-,49-,51-,57?,66+,68+,69-,72-/m0/s1. The monoisotopic (exact) mass is 1400 g/mol. The molecule has 8 N–H and O–H groups in total. The highest BCUT2D eigenvalue weighted by Gasteiger charge is 2.55. The van der Waals surface area contributed by atoms with Gasteiger partial charge in [0.25, 0.3) is 11.8 Å². The van der Waals surface area contributed by atoms with E-state index >= 15 is 0 Å². The molecular weight excluding hydrogens is 1310 g/mol. The van der Waals surface area contributed by atoms with E-state index in [1.54, 1.807) is 31.2 Å². The van der Waals surface area contributed by atoms with Crippen LogP contribution in [0.2, 0.25) is 0 Å². The number of aromatic hydroxyl groups is 2. The number of aliphatic hydroxyl groups is 1. The van der Waals surface area contributed by atoms with Gasteiger partial charge in [0.2, 0.25) is 23.5 Å². The number of carbonyl (C=O) groups excluding carboxylic acids is 11. The lowest BCUT2D eigenvalue weighted by molar-refractivity contribution is -0.256. The summed E-state index contributed by atoms with van der Waals surface area (Å²) in [4.78, 5) is 152. The number of hydrogen-bond donors (Lipinski definition) is 7. The molecule has 1 unspecified atom stereocenters. The van der Waals surface area contributed by atoms with Crippen molar-refractivity contribution >= 4 is 76.2 Å². The Morgan fingerprint density at radius 3 is 2.15 bits per heavy atom. The molecule has 7 amide bonds. The van der Waals surface area contributed by atoms with E-state index in [1.165, 1.54) is 56.5 Å². The van der Waals surface area contributed by atoms with Crippen molar-refractivity contribution in [2.75, 3.05) is 71.6 Å². The molecule has 2 aliphatic carbocycles. The van der Waals surface area contributed by atoms with Crippen molar-refractivity contribution < 1.29 is 101 Å². The predicted molar refractivity (Wildman–Crippen MR) is 358 cm³/mol. The smallest absolute Gasteiger partial charge is 0.409 e. The van der Waals surface area contributed by atoms with Gasteiger partial charge in [-0.3, -0.25) is 53.0 Å². The summed E-state index contributed by atoms with van der Waals surface area (Å²) < 4.78 is 41.5. The molecule has 4 aromatic rings. The molecule has 4 aliphatic heterocycles. The largest absolute Gasteiger partial charge is 0.507 e. The van der Waals surface area contributed by atoms with E-state index in [9.17, 15) is 68.1 Å². The first-order valence-electron chi connectivity index (χ1n) is 33.8. The summed E-state index contributed by atoms with van der Waals surface area (Å²) in [6.07, 6.45) is -3.68. The summed E-state index contributed by atoms with van der Waals surface area (Å²) in [5, 5.41) is 45.0. The minimum Gasteiger partial charge on any atom is -0.507 e. The number of likely N-dealkylation sites (N-methyl/N-ethyl adjacent to an activating group) is 2. The Labute approximate surface area is 582 Å². The average Bonchev–Trinajstić information content (AvgIpc) is 1.12. The van der Waals surface area contributed by atoms with Gasteiger partial charge in [-0.1, -0.05) is 74.9 Å². The van der Waals surface area contributed by atoms with Gasteiger partial charge in [-0.2, -0.15) is 0 Å². The molecule has 3 fully saturated rings. The SMILES string of the molecule is CO[C@H]1OCCN2[C@@H]1O[C@@H]1[C@H](C)OC(O[C@H]3C[C@](O)(C(=O)COC(=O)N(C)CCN(C)C(=O)OCc4ccc(NC(=O)CCC(=O)[C@H](CC(C)C)NC(=O)[C@H](Cc5ccccc5)NC(=O)CCCCCN5C(=O)C=CC5=O)cc4)Cc4c(O)c5c(c(O)c43)C(=O)c3c(N)cccc3C5=O)C[C@@H]12. The Morgan fingerprint density at radius 1 is 0.762 bits per heavy atom. The highest BCUT2D eigenvalue weighted by molar-refractivity contribution is 6.32. The van der Waals surface area contributed by atoms with Gasteiger partial charge in [-0.25, -0.2) is 9.59 Å². The number of unbranched alkanes of at least 4 members (excludes halogenated alkanes) is 2. The molecule has 0 spiro atoms. The van der Waals surface area contributed by atoms with Crippen LogP contribution in [-0.4, -0.2) is 215 Å². The lowest BCUT2D eigenvalue weighted by Gasteiger charge is -2.43. The lowest BCUT2D eigenvalue weighted by Crippen LogP contribution is -2.55. The first-order valence-corrected chi connectivity index (χ1v) is 33.8. The average molecular weight is 1400 g/mol. The summed E-state index contributed by atoms with van der Waals surface area (Å²) in [7, 11) is 4.29. The van der Waals surface area contributed by atoms with E-state index in [1.807, 2.05) is 44.2 Å². The van der Waals surface area contributed by atoms with Gasteiger partial charge in [0.05, 0.1) is 41.5 Å². The van der Waals surface area contributed by atoms with Gasteiger partial charge in [-0.15, -0.1) is 0 Å². The van der Waals surface area contributed by atoms with Crippen LogP contribution in [0.1, 0.15) is 139 Å². The lowest BCUT2D eigenvalue weighted by atomic mass is 9.71. The van der Waals surface area contributed by atoms with Gasteiger partial charge in [0, 0.05) is 139 Å². The number of phenols is 2. The van der Waals surface area contributed by atoms with Gasteiger partial charge < -0.3 is 80.0 Å². The summed E-state index contributed by atoms with van der Waals surface area (Å²) in [5.41, 5.74) is 3.54. The Morgan fingerprint density at radius 2 is 1.46 bits per heavy atom. The van der Waals surface area contributed by atoms with Crippen LogP contribution in [0.3, 0.4) is 0 Å². The summed E-state index contributed by atoms with van der Waals surface area (Å²) in [6.45, 7) is 5.28. The number of rotatable bonds is 29. The number of hydrogen-bond acceptors (Lipinski definition) is 23. The number of phenolic OH excluding ortho intramolecular Hbond substituents is 2. The van der Waals surface area contributed by atoms with Crippen molar-refractivity contribution in [2.24, 2.45) is 5.92 Å². The van der Waals surface area contributed by atoms with Crippen LogP contribution >= 0.6 is 0 Å². The Bertz CT molecular complexity index is 3850. The van der Waals surface area contributed by atoms with Gasteiger partial charge in [0.1, 0.15) is 35.9 Å². The van der Waals surface area contributed by atoms with E-state index in [2.05, 4.69) is 20.9 Å². The van der Waals surface area contributed by atoms with E-state index in [4.69, 9.17) is 38.9 Å². The van der Waals surface area contributed by atoms with Gasteiger partial charge >= 0.3 is 12.2 Å². The summed E-state index contributed by atoms with van der Waals surface area (Å²) in [5.74, 6) is -6.78. The molecule has 0 aromatic heterocycles. The number of fused-ring (bicyclic) bond motifs is 6. The van der Waals surface area contributed by atoms with Crippen LogP contribution in [0.5, 0.6) is 11.5 Å².